The number of carbonyl (C=O) groups excluding carboxylic acids is 2. The van der Waals surface area contributed by atoms with Gasteiger partial charge in [-0.05, 0) is 24.3 Å². The number of pyridine rings is 1. The second kappa shape index (κ2) is 8.22. The van der Waals surface area contributed by atoms with Crippen LogP contribution < -0.4 is 10.1 Å². The second-order valence-corrected chi connectivity index (χ2v) is 7.59. The Bertz CT molecular complexity index is 1210. The third-order valence-electron chi connectivity index (χ3n) is 4.35. The van der Waals surface area contributed by atoms with Crippen LogP contribution in [0.4, 0.5) is 17.6 Å². The Hall–Kier alpha value is -3.48. The van der Waals surface area contributed by atoms with Crippen LogP contribution in [0.25, 0.3) is 16.9 Å². The summed E-state index contributed by atoms with van der Waals surface area (Å²) in [5.41, 5.74) is 0.407. The van der Waals surface area contributed by atoms with Gasteiger partial charge in [0, 0.05) is 16.1 Å². The number of amides is 2. The Morgan fingerprint density at radius 1 is 1.16 bits per heavy atom. The molecule has 32 heavy (non-hydrogen) atoms. The van der Waals surface area contributed by atoms with Gasteiger partial charge in [0.1, 0.15) is 18.1 Å². The van der Waals surface area contributed by atoms with Gasteiger partial charge in [0.2, 0.25) is 5.91 Å². The van der Waals surface area contributed by atoms with Crippen molar-refractivity contribution in [2.24, 2.45) is 0 Å². The maximum absolute atomic E-state index is 13.8. The van der Waals surface area contributed by atoms with Gasteiger partial charge >= 0.3 is 6.36 Å². The van der Waals surface area contributed by atoms with Gasteiger partial charge in [-0.15, -0.1) is 13.2 Å². The summed E-state index contributed by atoms with van der Waals surface area (Å²) in [4.78, 5) is 29.2. The standard InChI is InChI=1S/C19H12BrF4N5O3/c20-11-1-10(2-14(3-11)32-19(22,23)24)16-5-15(18(31)28-8-17(30)26-9-28)27-29(16)13-4-12(21)6-25-7-13/h1-7H,8-9H2,(H,26,30). The topological polar surface area (TPSA) is 89.4 Å². The van der Waals surface area contributed by atoms with Crippen molar-refractivity contribution in [3.8, 4) is 22.7 Å². The zero-order valence-electron chi connectivity index (χ0n) is 15.9. The number of halogens is 5. The minimum absolute atomic E-state index is 0.0121. The molecule has 1 aromatic carbocycles. The lowest BCUT2D eigenvalue weighted by Gasteiger charge is -2.12. The quantitative estimate of drug-likeness (QED) is 0.541. The number of alkyl halides is 3. The van der Waals surface area contributed by atoms with E-state index in [1.807, 2.05) is 0 Å². The van der Waals surface area contributed by atoms with E-state index >= 15 is 0 Å². The molecule has 4 rings (SSSR count). The molecule has 0 atom stereocenters. The highest BCUT2D eigenvalue weighted by Crippen LogP contribution is 2.33. The normalized spacial score (nSPS) is 13.9. The van der Waals surface area contributed by atoms with Crippen molar-refractivity contribution in [1.82, 2.24) is 25.0 Å². The van der Waals surface area contributed by atoms with Crippen molar-refractivity contribution in [3.05, 3.63) is 58.7 Å². The highest BCUT2D eigenvalue weighted by atomic mass is 79.9. The van der Waals surface area contributed by atoms with Crippen molar-refractivity contribution < 1.29 is 31.9 Å². The summed E-state index contributed by atoms with van der Waals surface area (Å²) in [6, 6.07) is 6.14. The van der Waals surface area contributed by atoms with E-state index in [-0.39, 0.29) is 46.2 Å². The van der Waals surface area contributed by atoms with Gasteiger partial charge < -0.3 is 15.0 Å². The van der Waals surface area contributed by atoms with Crippen molar-refractivity contribution >= 4 is 27.7 Å². The van der Waals surface area contributed by atoms with Gasteiger partial charge in [0.25, 0.3) is 5.91 Å². The molecule has 0 radical (unpaired) electrons. The number of rotatable bonds is 4. The first-order valence-electron chi connectivity index (χ1n) is 8.93. The molecule has 0 bridgehead atoms. The van der Waals surface area contributed by atoms with Gasteiger partial charge in [-0.2, -0.15) is 5.10 Å². The maximum atomic E-state index is 13.8. The van der Waals surface area contributed by atoms with Crippen molar-refractivity contribution in [2.45, 2.75) is 6.36 Å². The average molecular weight is 514 g/mol. The SMILES string of the molecule is O=C1CN(C(=O)c2cc(-c3cc(Br)cc(OC(F)(F)F)c3)n(-c3cncc(F)c3)n2)CN1. The van der Waals surface area contributed by atoms with E-state index in [1.54, 1.807) is 0 Å². The number of ether oxygens (including phenoxy) is 1. The van der Waals surface area contributed by atoms with Crippen LogP contribution >= 0.6 is 15.9 Å². The Morgan fingerprint density at radius 2 is 1.94 bits per heavy atom. The zero-order chi connectivity index (χ0) is 23.0. The second-order valence-electron chi connectivity index (χ2n) is 6.67. The molecule has 1 aliphatic heterocycles. The number of hydrogen-bond acceptors (Lipinski definition) is 5. The van der Waals surface area contributed by atoms with Crippen LogP contribution in [0.2, 0.25) is 0 Å². The minimum atomic E-state index is -4.92. The molecule has 2 amide bonds. The summed E-state index contributed by atoms with van der Waals surface area (Å²) < 4.78 is 57.4. The molecular formula is C19H12BrF4N5O3. The summed E-state index contributed by atoms with van der Waals surface area (Å²) in [6.07, 6.45) is -2.67. The first-order chi connectivity index (χ1) is 15.1. The van der Waals surface area contributed by atoms with E-state index < -0.39 is 23.8 Å². The summed E-state index contributed by atoms with van der Waals surface area (Å²) in [6.45, 7) is -0.176. The van der Waals surface area contributed by atoms with Crippen molar-refractivity contribution in [3.63, 3.8) is 0 Å². The third kappa shape index (κ3) is 4.72. The zero-order valence-corrected chi connectivity index (χ0v) is 17.4. The van der Waals surface area contributed by atoms with Crippen LogP contribution in [0.15, 0.2) is 47.2 Å². The molecule has 1 N–H and O–H groups in total. The number of nitrogens with one attached hydrogen (secondary N) is 1. The predicted octanol–water partition coefficient (Wildman–Crippen LogP) is 3.26. The van der Waals surface area contributed by atoms with Gasteiger partial charge in [0.15, 0.2) is 5.69 Å². The molecule has 1 fully saturated rings. The fourth-order valence-corrected chi connectivity index (χ4v) is 3.55. The van der Waals surface area contributed by atoms with Crippen molar-refractivity contribution in [2.75, 3.05) is 13.2 Å². The Labute approximate surface area is 185 Å². The van der Waals surface area contributed by atoms with Crippen molar-refractivity contribution in [1.29, 1.82) is 0 Å². The van der Waals surface area contributed by atoms with Gasteiger partial charge in [-0.3, -0.25) is 14.6 Å². The first kappa shape index (κ1) is 21.7. The summed E-state index contributed by atoms with van der Waals surface area (Å²) in [5.74, 6) is -2.11. The largest absolute Gasteiger partial charge is 0.573 e. The number of carbonyl (C=O) groups is 2. The van der Waals surface area contributed by atoms with E-state index in [9.17, 15) is 27.2 Å². The third-order valence-corrected chi connectivity index (χ3v) is 4.81. The highest BCUT2D eigenvalue weighted by molar-refractivity contribution is 9.10. The van der Waals surface area contributed by atoms with Crippen LogP contribution in [0.3, 0.4) is 0 Å². The number of hydrogen-bond donors (Lipinski definition) is 1. The lowest BCUT2D eigenvalue weighted by molar-refractivity contribution is -0.274. The molecule has 0 spiro atoms. The molecular weight excluding hydrogens is 502 g/mol. The Balaban J connectivity index is 1.82. The number of aromatic nitrogens is 3. The van der Waals surface area contributed by atoms with Crippen LogP contribution in [0.5, 0.6) is 5.75 Å². The molecule has 0 aliphatic carbocycles. The highest BCUT2D eigenvalue weighted by Gasteiger charge is 2.32. The molecule has 13 heteroatoms. The lowest BCUT2D eigenvalue weighted by atomic mass is 10.1. The monoisotopic (exact) mass is 513 g/mol. The molecule has 0 unspecified atom stereocenters. The fourth-order valence-electron chi connectivity index (χ4n) is 3.08. The molecule has 1 aliphatic rings. The van der Waals surface area contributed by atoms with E-state index in [1.165, 1.54) is 27.9 Å². The lowest BCUT2D eigenvalue weighted by Crippen LogP contribution is -2.30. The number of benzene rings is 1. The van der Waals surface area contributed by atoms with Crippen LogP contribution in [-0.4, -0.2) is 51.1 Å². The molecule has 3 heterocycles. The van der Waals surface area contributed by atoms with E-state index in [4.69, 9.17) is 0 Å². The van der Waals surface area contributed by atoms with Gasteiger partial charge in [-0.1, -0.05) is 15.9 Å². The molecule has 1 saturated heterocycles. The fraction of sp³-hybridized carbons (Fsp3) is 0.158. The maximum Gasteiger partial charge on any atom is 0.573 e. The summed E-state index contributed by atoms with van der Waals surface area (Å²) >= 11 is 3.14. The van der Waals surface area contributed by atoms with E-state index in [0.29, 0.717) is 0 Å². The smallest absolute Gasteiger partial charge is 0.406 e. The molecule has 166 valence electrons. The van der Waals surface area contributed by atoms with E-state index in [2.05, 4.69) is 36.1 Å². The van der Waals surface area contributed by atoms with Crippen LogP contribution in [0, 0.1) is 5.82 Å². The van der Waals surface area contributed by atoms with Gasteiger partial charge in [0.05, 0.1) is 30.4 Å². The summed E-state index contributed by atoms with van der Waals surface area (Å²) in [5, 5.41) is 6.69. The summed E-state index contributed by atoms with van der Waals surface area (Å²) in [7, 11) is 0. The Kier molecular flexibility index (Phi) is 5.59. The van der Waals surface area contributed by atoms with E-state index in [0.717, 1.165) is 24.4 Å². The molecule has 8 nitrogen and oxygen atoms in total. The number of nitrogens with zero attached hydrogens (tertiary/aromatic N) is 4. The molecule has 0 saturated carbocycles. The molecule has 3 aromatic rings. The van der Waals surface area contributed by atoms with Crippen LogP contribution in [0.1, 0.15) is 10.5 Å². The molecule has 2 aromatic heterocycles. The minimum Gasteiger partial charge on any atom is -0.406 e. The first-order valence-corrected chi connectivity index (χ1v) is 9.72. The van der Waals surface area contributed by atoms with Crippen LogP contribution in [-0.2, 0) is 4.79 Å². The average Bonchev–Trinajstić information content (AvgIpc) is 3.32. The Morgan fingerprint density at radius 3 is 2.59 bits per heavy atom. The predicted molar refractivity (Wildman–Crippen MR) is 105 cm³/mol. The van der Waals surface area contributed by atoms with Gasteiger partial charge in [-0.25, -0.2) is 9.07 Å².